The fourth-order valence-corrected chi connectivity index (χ4v) is 3.50. The van der Waals surface area contributed by atoms with Crippen LogP contribution >= 0.6 is 0 Å². The highest BCUT2D eigenvalue weighted by Gasteiger charge is 2.40. The van der Waals surface area contributed by atoms with E-state index in [1.54, 1.807) is 11.0 Å². The summed E-state index contributed by atoms with van der Waals surface area (Å²) in [5.41, 5.74) is -0.570. The van der Waals surface area contributed by atoms with Gasteiger partial charge in [0.05, 0.1) is 19.3 Å². The summed E-state index contributed by atoms with van der Waals surface area (Å²) in [5.74, 6) is -0.678. The van der Waals surface area contributed by atoms with E-state index in [0.717, 1.165) is 13.1 Å². The van der Waals surface area contributed by atoms with Gasteiger partial charge >= 0.3 is 0 Å². The topological polar surface area (TPSA) is 53.0 Å². The molecule has 0 aromatic heterocycles. The minimum Gasteiger partial charge on any atom is -0.494 e. The first-order chi connectivity index (χ1) is 11.0. The third-order valence-electron chi connectivity index (χ3n) is 4.73. The number of benzene rings is 1. The number of aliphatic hydroxyl groups is 1. The van der Waals surface area contributed by atoms with E-state index >= 15 is 0 Å². The lowest BCUT2D eigenvalue weighted by atomic mass is 10.0. The largest absolute Gasteiger partial charge is 0.494 e. The molecule has 1 atom stereocenters. The van der Waals surface area contributed by atoms with Crippen molar-refractivity contribution >= 4 is 5.91 Å². The van der Waals surface area contributed by atoms with Gasteiger partial charge in [0.15, 0.2) is 11.6 Å². The van der Waals surface area contributed by atoms with E-state index in [-0.39, 0.29) is 17.2 Å². The Bertz CT molecular complexity index is 589. The van der Waals surface area contributed by atoms with Crippen LogP contribution in [-0.2, 0) is 0 Å². The molecule has 23 heavy (non-hydrogen) atoms. The Balaban J connectivity index is 1.65. The zero-order valence-electron chi connectivity index (χ0n) is 13.4. The summed E-state index contributed by atoms with van der Waals surface area (Å²) in [7, 11) is 1.39. The summed E-state index contributed by atoms with van der Waals surface area (Å²) in [6.45, 7) is 3.43. The number of halogens is 1. The molecule has 0 aliphatic carbocycles. The molecule has 2 heterocycles. The first kappa shape index (κ1) is 16.2. The summed E-state index contributed by atoms with van der Waals surface area (Å²) in [6, 6.07) is 4.20. The lowest BCUT2D eigenvalue weighted by molar-refractivity contribution is 0.0175. The lowest BCUT2D eigenvalue weighted by Gasteiger charge is -2.28. The number of β-amino-alcohol motifs (C(OH)–C–C–N with tert-alkyl or cyclic N) is 1. The van der Waals surface area contributed by atoms with Crippen LogP contribution in [0.3, 0.4) is 0 Å². The standard InChI is InChI=1S/C17H23FN2O3/c1-23-15-5-4-13(10-14(15)18)16(21)20-9-6-17(22,12-20)11-19-7-2-3-8-19/h4-5,10,22H,2-3,6-9,11-12H2,1H3/t17-/m0/s1. The predicted molar refractivity (Wildman–Crippen MR) is 84.1 cm³/mol. The summed E-state index contributed by atoms with van der Waals surface area (Å²) in [6.07, 6.45) is 2.90. The second kappa shape index (κ2) is 6.45. The van der Waals surface area contributed by atoms with Crippen molar-refractivity contribution in [3.8, 4) is 5.75 Å². The third-order valence-corrected chi connectivity index (χ3v) is 4.73. The Labute approximate surface area is 135 Å². The second-order valence-electron chi connectivity index (χ2n) is 6.53. The van der Waals surface area contributed by atoms with Gasteiger partial charge in [-0.15, -0.1) is 0 Å². The van der Waals surface area contributed by atoms with Crippen LogP contribution in [0.1, 0.15) is 29.6 Å². The van der Waals surface area contributed by atoms with Gasteiger partial charge in [0.2, 0.25) is 0 Å². The van der Waals surface area contributed by atoms with E-state index in [0.29, 0.717) is 26.1 Å². The number of likely N-dealkylation sites (tertiary alicyclic amines) is 2. The summed E-state index contributed by atoms with van der Waals surface area (Å²) >= 11 is 0. The van der Waals surface area contributed by atoms with Gasteiger partial charge in [-0.05, 0) is 50.6 Å². The molecule has 0 saturated carbocycles. The van der Waals surface area contributed by atoms with Gasteiger partial charge in [-0.25, -0.2) is 4.39 Å². The van der Waals surface area contributed by atoms with Crippen molar-refractivity contribution in [2.45, 2.75) is 24.9 Å². The van der Waals surface area contributed by atoms with Gasteiger partial charge in [-0.1, -0.05) is 0 Å². The highest BCUT2D eigenvalue weighted by molar-refractivity contribution is 5.94. The van der Waals surface area contributed by atoms with Gasteiger partial charge in [-0.3, -0.25) is 4.79 Å². The van der Waals surface area contributed by atoms with Crippen molar-refractivity contribution < 1.29 is 19.0 Å². The molecule has 2 aliphatic heterocycles. The number of ether oxygens (including phenoxy) is 1. The molecule has 1 amide bonds. The van der Waals surface area contributed by atoms with Gasteiger partial charge in [0.25, 0.3) is 5.91 Å². The van der Waals surface area contributed by atoms with Crippen LogP contribution in [0.25, 0.3) is 0 Å². The first-order valence-corrected chi connectivity index (χ1v) is 8.08. The Kier molecular flexibility index (Phi) is 4.55. The highest BCUT2D eigenvalue weighted by Crippen LogP contribution is 2.26. The molecule has 3 rings (SSSR count). The van der Waals surface area contributed by atoms with E-state index in [4.69, 9.17) is 4.74 Å². The van der Waals surface area contributed by atoms with Crippen molar-refractivity contribution in [2.24, 2.45) is 0 Å². The molecule has 2 fully saturated rings. The lowest BCUT2D eigenvalue weighted by Crippen LogP contribution is -2.45. The molecule has 6 heteroatoms. The normalized spacial score (nSPS) is 25.1. The minimum absolute atomic E-state index is 0.119. The molecule has 2 aliphatic rings. The average Bonchev–Trinajstić information content (AvgIpc) is 3.16. The Morgan fingerprint density at radius 3 is 2.74 bits per heavy atom. The molecular formula is C17H23FN2O3. The molecule has 1 N–H and O–H groups in total. The maximum absolute atomic E-state index is 13.8. The van der Waals surface area contributed by atoms with Crippen LogP contribution in [0, 0.1) is 5.82 Å². The van der Waals surface area contributed by atoms with Crippen LogP contribution in [0.2, 0.25) is 0 Å². The third kappa shape index (κ3) is 3.48. The molecule has 5 nitrogen and oxygen atoms in total. The second-order valence-corrected chi connectivity index (χ2v) is 6.53. The van der Waals surface area contributed by atoms with Gasteiger partial charge < -0.3 is 19.6 Å². The molecule has 1 aromatic carbocycles. The Morgan fingerprint density at radius 1 is 1.35 bits per heavy atom. The van der Waals surface area contributed by atoms with Gasteiger partial charge in [-0.2, -0.15) is 0 Å². The maximum Gasteiger partial charge on any atom is 0.254 e. The van der Waals surface area contributed by atoms with Gasteiger partial charge in [0, 0.05) is 18.7 Å². The van der Waals surface area contributed by atoms with Crippen LogP contribution in [0.4, 0.5) is 4.39 Å². The number of carbonyl (C=O) groups excluding carboxylic acids is 1. The smallest absolute Gasteiger partial charge is 0.254 e. The highest BCUT2D eigenvalue weighted by atomic mass is 19.1. The number of methoxy groups -OCH3 is 1. The van der Waals surface area contributed by atoms with Crippen LogP contribution in [-0.4, -0.2) is 66.2 Å². The predicted octanol–water partition coefficient (Wildman–Crippen LogP) is 1.51. The van der Waals surface area contributed by atoms with Crippen molar-refractivity contribution in [1.29, 1.82) is 0 Å². The van der Waals surface area contributed by atoms with E-state index in [1.807, 2.05) is 0 Å². The zero-order chi connectivity index (χ0) is 16.4. The number of nitrogens with zero attached hydrogens (tertiary/aromatic N) is 2. The van der Waals surface area contributed by atoms with Crippen molar-refractivity contribution in [2.75, 3.05) is 39.8 Å². The van der Waals surface area contributed by atoms with Crippen LogP contribution in [0.15, 0.2) is 18.2 Å². The Hall–Kier alpha value is -1.66. The van der Waals surface area contributed by atoms with Crippen molar-refractivity contribution in [3.63, 3.8) is 0 Å². The maximum atomic E-state index is 13.8. The molecule has 0 bridgehead atoms. The fourth-order valence-electron chi connectivity index (χ4n) is 3.50. The van der Waals surface area contributed by atoms with E-state index in [9.17, 15) is 14.3 Å². The molecule has 1 aromatic rings. The van der Waals surface area contributed by atoms with Crippen molar-refractivity contribution in [3.05, 3.63) is 29.6 Å². The van der Waals surface area contributed by atoms with Crippen LogP contribution < -0.4 is 4.74 Å². The van der Waals surface area contributed by atoms with Gasteiger partial charge in [0.1, 0.15) is 0 Å². The molecule has 0 radical (unpaired) electrons. The molecule has 0 spiro atoms. The zero-order valence-corrected chi connectivity index (χ0v) is 13.4. The molecule has 2 saturated heterocycles. The quantitative estimate of drug-likeness (QED) is 0.913. The van der Waals surface area contributed by atoms with E-state index in [2.05, 4.69) is 4.90 Å². The fraction of sp³-hybridized carbons (Fsp3) is 0.588. The summed E-state index contributed by atoms with van der Waals surface area (Å²) in [4.78, 5) is 16.4. The van der Waals surface area contributed by atoms with E-state index < -0.39 is 11.4 Å². The average molecular weight is 322 g/mol. The van der Waals surface area contributed by atoms with E-state index in [1.165, 1.54) is 32.1 Å². The number of hydrogen-bond acceptors (Lipinski definition) is 4. The summed E-state index contributed by atoms with van der Waals surface area (Å²) in [5, 5.41) is 10.7. The molecule has 126 valence electrons. The molecular weight excluding hydrogens is 299 g/mol. The number of hydrogen-bond donors (Lipinski definition) is 1. The van der Waals surface area contributed by atoms with Crippen LogP contribution in [0.5, 0.6) is 5.75 Å². The summed E-state index contributed by atoms with van der Waals surface area (Å²) < 4.78 is 18.6. The Morgan fingerprint density at radius 2 is 2.09 bits per heavy atom. The van der Waals surface area contributed by atoms with Crippen molar-refractivity contribution in [1.82, 2.24) is 9.80 Å². The SMILES string of the molecule is COc1ccc(C(=O)N2CC[C@](O)(CN3CCCC3)C2)cc1F. The molecule has 0 unspecified atom stereocenters. The number of carbonyl (C=O) groups is 1. The monoisotopic (exact) mass is 322 g/mol. The minimum atomic E-state index is -0.856. The number of amides is 1. The first-order valence-electron chi connectivity index (χ1n) is 8.08. The number of rotatable bonds is 4.